The maximum atomic E-state index is 13.1. The lowest BCUT2D eigenvalue weighted by Gasteiger charge is -2.13. The fourth-order valence-electron chi connectivity index (χ4n) is 3.77. The normalized spacial score (nSPS) is 11.8. The van der Waals surface area contributed by atoms with E-state index in [1.54, 1.807) is 32.2 Å². The minimum Gasteiger partial charge on any atom is -0.381 e. The van der Waals surface area contributed by atoms with Crippen LogP contribution in [0, 0.1) is 0 Å². The molecule has 1 amide bonds. The van der Waals surface area contributed by atoms with Gasteiger partial charge in [0.05, 0.1) is 23.4 Å². The number of carbonyl (C=O) groups is 3. The second kappa shape index (κ2) is 14.8. The number of carbonyl (C=O) groups excluding carboxylic acids is 3. The summed E-state index contributed by atoms with van der Waals surface area (Å²) in [5, 5.41) is 15.0. The van der Waals surface area contributed by atoms with Crippen LogP contribution in [0.15, 0.2) is 83.8 Å². The van der Waals surface area contributed by atoms with Gasteiger partial charge in [-0.2, -0.15) is 0 Å². The van der Waals surface area contributed by atoms with Crippen molar-refractivity contribution in [3.05, 3.63) is 94.2 Å². The largest absolute Gasteiger partial charge is 0.381 e. The molecule has 0 bridgehead atoms. The Hall–Kier alpha value is -4.28. The summed E-state index contributed by atoms with van der Waals surface area (Å²) in [5.74, 6) is -1.51. The number of anilines is 1. The summed E-state index contributed by atoms with van der Waals surface area (Å²) < 4.78 is 0. The van der Waals surface area contributed by atoms with Crippen LogP contribution in [-0.2, 0) is 16.1 Å². The van der Waals surface area contributed by atoms with Gasteiger partial charge in [0.25, 0.3) is 5.91 Å². The van der Waals surface area contributed by atoms with Gasteiger partial charge in [-0.3, -0.25) is 19.4 Å². The smallest absolute Gasteiger partial charge is 0.267 e. The van der Waals surface area contributed by atoms with Crippen LogP contribution >= 0.6 is 11.3 Å². The number of Topliss-reactive ketones (excluding diaryl/α,β-unsaturated/α-hetero) is 2. The number of nitrogens with zero attached hydrogens (tertiary/aromatic N) is 2. The molecule has 0 aliphatic rings. The third kappa shape index (κ3) is 8.62. The van der Waals surface area contributed by atoms with E-state index in [0.717, 1.165) is 22.2 Å². The van der Waals surface area contributed by atoms with Crippen molar-refractivity contribution in [2.24, 2.45) is 0 Å². The van der Waals surface area contributed by atoms with Gasteiger partial charge in [0.15, 0.2) is 0 Å². The van der Waals surface area contributed by atoms with Crippen LogP contribution in [0.2, 0.25) is 0 Å². The standard InChI is InChI=1S/C30H36N6O3S/c1-6-23(17-20(2)33-19-27(37)28(38)21(3)31-14-15-36(4)5)35-30(39)29-26(12-16-40-29)34-18-22-11-13-32-25-10-8-7-9-24(22)25/h6-13,16-17,31,33-34H,3,14-15,18-19H2,1-2,4-5H3,(H,35,39)/b20-17+,23-6+. The van der Waals surface area contributed by atoms with Crippen LogP contribution in [0.5, 0.6) is 0 Å². The van der Waals surface area contributed by atoms with Crippen LogP contribution in [0.25, 0.3) is 10.9 Å². The van der Waals surface area contributed by atoms with Crippen molar-refractivity contribution in [3.63, 3.8) is 0 Å². The van der Waals surface area contributed by atoms with Gasteiger partial charge in [0, 0.05) is 42.6 Å². The van der Waals surface area contributed by atoms with Crippen molar-refractivity contribution in [1.29, 1.82) is 0 Å². The first-order valence-corrected chi connectivity index (χ1v) is 13.8. The first-order valence-electron chi connectivity index (χ1n) is 12.9. The number of para-hydroxylation sites is 1. The minimum absolute atomic E-state index is 0.0779. The number of amides is 1. The zero-order valence-electron chi connectivity index (χ0n) is 23.3. The highest BCUT2D eigenvalue weighted by Crippen LogP contribution is 2.24. The lowest BCUT2D eigenvalue weighted by Crippen LogP contribution is -2.34. The zero-order valence-corrected chi connectivity index (χ0v) is 24.2. The molecule has 3 aromatic rings. The van der Waals surface area contributed by atoms with Crippen molar-refractivity contribution in [1.82, 2.24) is 25.8 Å². The van der Waals surface area contributed by atoms with E-state index >= 15 is 0 Å². The highest BCUT2D eigenvalue weighted by Gasteiger charge is 2.17. The lowest BCUT2D eigenvalue weighted by molar-refractivity contribution is -0.134. The average Bonchev–Trinajstić information content (AvgIpc) is 3.42. The molecule has 4 N–H and O–H groups in total. The zero-order chi connectivity index (χ0) is 29.1. The van der Waals surface area contributed by atoms with Crippen LogP contribution < -0.4 is 21.3 Å². The highest BCUT2D eigenvalue weighted by molar-refractivity contribution is 7.12. The van der Waals surface area contributed by atoms with E-state index in [1.807, 2.05) is 60.8 Å². The maximum Gasteiger partial charge on any atom is 0.267 e. The fourth-order valence-corrected chi connectivity index (χ4v) is 4.53. The van der Waals surface area contributed by atoms with Gasteiger partial charge < -0.3 is 26.2 Å². The Morgan fingerprint density at radius 1 is 1.10 bits per heavy atom. The summed E-state index contributed by atoms with van der Waals surface area (Å²) >= 11 is 1.35. The number of benzene rings is 1. The van der Waals surface area contributed by atoms with Gasteiger partial charge in [-0.1, -0.05) is 30.9 Å². The molecule has 0 aliphatic heterocycles. The molecule has 2 aromatic heterocycles. The van der Waals surface area contributed by atoms with Crippen molar-refractivity contribution >= 4 is 45.4 Å². The molecule has 1 aromatic carbocycles. The molecule has 10 heteroatoms. The molecule has 40 heavy (non-hydrogen) atoms. The Morgan fingerprint density at radius 2 is 1.88 bits per heavy atom. The number of aromatic nitrogens is 1. The van der Waals surface area contributed by atoms with Gasteiger partial charge in [0.2, 0.25) is 11.6 Å². The van der Waals surface area contributed by atoms with E-state index < -0.39 is 11.6 Å². The van der Waals surface area contributed by atoms with Crippen LogP contribution in [0.3, 0.4) is 0 Å². The van der Waals surface area contributed by atoms with Crippen LogP contribution in [0.1, 0.15) is 29.1 Å². The Labute approximate surface area is 239 Å². The minimum atomic E-state index is -0.656. The number of nitrogens with one attached hydrogen (secondary N) is 4. The lowest BCUT2D eigenvalue weighted by atomic mass is 10.1. The summed E-state index contributed by atoms with van der Waals surface area (Å²) in [4.78, 5) is 44.6. The molecule has 2 heterocycles. The van der Waals surface area contributed by atoms with Gasteiger partial charge in [-0.15, -0.1) is 11.3 Å². The molecule has 0 radical (unpaired) electrons. The first-order chi connectivity index (χ1) is 19.2. The summed E-state index contributed by atoms with van der Waals surface area (Å²) in [5.41, 5.74) is 4.00. The number of thiophene rings is 1. The van der Waals surface area contributed by atoms with Gasteiger partial charge in [-0.05, 0) is 63.2 Å². The van der Waals surface area contributed by atoms with E-state index in [0.29, 0.717) is 35.9 Å². The molecule has 0 saturated heterocycles. The molecule has 0 saturated carbocycles. The molecule has 3 rings (SSSR count). The third-order valence-corrected chi connectivity index (χ3v) is 6.89. The average molecular weight is 561 g/mol. The van der Waals surface area contributed by atoms with Gasteiger partial charge in [-0.25, -0.2) is 0 Å². The van der Waals surface area contributed by atoms with Crippen LogP contribution in [-0.4, -0.2) is 61.1 Å². The monoisotopic (exact) mass is 560 g/mol. The Morgan fingerprint density at radius 3 is 2.62 bits per heavy atom. The molecule has 9 nitrogen and oxygen atoms in total. The molecule has 210 valence electrons. The van der Waals surface area contributed by atoms with E-state index in [-0.39, 0.29) is 18.1 Å². The van der Waals surface area contributed by atoms with Crippen LogP contribution in [0.4, 0.5) is 5.69 Å². The predicted octanol–water partition coefficient (Wildman–Crippen LogP) is 3.84. The molecule has 0 aliphatic carbocycles. The Balaban J connectivity index is 1.54. The Kier molecular flexibility index (Phi) is 11.2. The number of ketones is 2. The molecule has 0 spiro atoms. The Bertz CT molecular complexity index is 1430. The molecular weight excluding hydrogens is 524 g/mol. The second-order valence-electron chi connectivity index (χ2n) is 9.34. The summed E-state index contributed by atoms with van der Waals surface area (Å²) in [6.45, 7) is 8.82. The van der Waals surface area contributed by atoms with Crippen molar-refractivity contribution < 1.29 is 14.4 Å². The van der Waals surface area contributed by atoms with Crippen molar-refractivity contribution in [2.45, 2.75) is 20.4 Å². The number of rotatable bonds is 15. The summed E-state index contributed by atoms with van der Waals surface area (Å²) in [6.07, 6.45) is 5.25. The second-order valence-corrected chi connectivity index (χ2v) is 10.3. The molecule has 0 fully saturated rings. The van der Waals surface area contributed by atoms with Crippen molar-refractivity contribution in [2.75, 3.05) is 39.0 Å². The number of hydrogen-bond donors (Lipinski definition) is 4. The van der Waals surface area contributed by atoms with Crippen molar-refractivity contribution in [3.8, 4) is 0 Å². The quantitative estimate of drug-likeness (QED) is 0.126. The number of likely N-dealkylation sites (N-methyl/N-ethyl adjacent to an activating group) is 1. The van der Waals surface area contributed by atoms with E-state index in [9.17, 15) is 14.4 Å². The third-order valence-electron chi connectivity index (χ3n) is 5.97. The molecular formula is C30H36N6O3S. The molecule has 0 unspecified atom stereocenters. The topological polar surface area (TPSA) is 115 Å². The number of fused-ring (bicyclic) bond motifs is 1. The fraction of sp³-hybridized carbons (Fsp3) is 0.267. The maximum absolute atomic E-state index is 13.1. The van der Waals surface area contributed by atoms with Gasteiger partial charge in [0.1, 0.15) is 4.88 Å². The predicted molar refractivity (Wildman–Crippen MR) is 162 cm³/mol. The van der Waals surface area contributed by atoms with E-state index in [1.165, 1.54) is 11.3 Å². The first kappa shape index (κ1) is 30.3. The SMILES string of the molecule is C=C(NCCN(C)C)C(=O)C(=O)CN/C(C)=C/C(=C\C)NC(=O)c1sccc1NCc1ccnc2ccccc12. The highest BCUT2D eigenvalue weighted by atomic mass is 32.1. The number of hydrogen-bond acceptors (Lipinski definition) is 9. The molecule has 0 atom stereocenters. The van der Waals surface area contributed by atoms with E-state index in [2.05, 4.69) is 32.8 Å². The number of allylic oxidation sites excluding steroid dienone is 4. The summed E-state index contributed by atoms with van der Waals surface area (Å²) in [6, 6.07) is 11.8. The number of pyridine rings is 1. The summed E-state index contributed by atoms with van der Waals surface area (Å²) in [7, 11) is 3.83. The van der Waals surface area contributed by atoms with Gasteiger partial charge >= 0.3 is 0 Å². The van der Waals surface area contributed by atoms with E-state index in [4.69, 9.17) is 0 Å².